The molecule has 1 atom stereocenters. The van der Waals surface area contributed by atoms with E-state index in [0.29, 0.717) is 23.1 Å². The molecule has 0 saturated carbocycles. The van der Waals surface area contributed by atoms with Crippen LogP contribution in [0.15, 0.2) is 72.8 Å². The number of hydrogen-bond donors (Lipinski definition) is 1. The van der Waals surface area contributed by atoms with Gasteiger partial charge in [0.15, 0.2) is 5.82 Å². The molecule has 5 aromatic rings. The first kappa shape index (κ1) is 30.9. The average molecular weight is 622 g/mol. The molecule has 0 aliphatic heterocycles. The van der Waals surface area contributed by atoms with Gasteiger partial charge in [0.2, 0.25) is 6.33 Å². The van der Waals surface area contributed by atoms with Crippen molar-refractivity contribution in [2.75, 3.05) is 0 Å². The lowest BCUT2D eigenvalue weighted by atomic mass is 9.82. The molecule has 0 aliphatic rings. The van der Waals surface area contributed by atoms with Crippen LogP contribution in [0.5, 0.6) is 5.75 Å². The van der Waals surface area contributed by atoms with Crippen molar-refractivity contribution in [3.63, 3.8) is 0 Å². The molecule has 0 fully saturated rings. The molecule has 0 radical (unpaired) electrons. The number of hydrogen-bond acceptors (Lipinski definition) is 9. The zero-order valence-electron chi connectivity index (χ0n) is 24.8. The Morgan fingerprint density at radius 2 is 1.82 bits per heavy atom. The SMILES string of the molecule is CC(=O)Oc1c(C)cc(C[n+]2cnn(C[C@](O)(c3ccc(F)cc3F)C(C)(C)Sc3ccc(-n4cncn4)nn3)c2)cc1C. The maximum atomic E-state index is 15.3. The van der Waals surface area contributed by atoms with Gasteiger partial charge in [-0.15, -0.1) is 14.9 Å². The normalized spacial score (nSPS) is 13.1. The van der Waals surface area contributed by atoms with Gasteiger partial charge in [-0.25, -0.2) is 23.0 Å². The molecule has 14 heteroatoms. The number of carbonyl (C=O) groups is 1. The van der Waals surface area contributed by atoms with E-state index in [1.807, 2.05) is 30.5 Å². The van der Waals surface area contributed by atoms with E-state index in [4.69, 9.17) is 4.74 Å². The van der Waals surface area contributed by atoms with Gasteiger partial charge in [-0.05, 0) is 74.7 Å². The second kappa shape index (κ2) is 12.2. The molecule has 5 rings (SSSR count). The van der Waals surface area contributed by atoms with Gasteiger partial charge in [-0.3, -0.25) is 4.79 Å². The van der Waals surface area contributed by atoms with E-state index < -0.39 is 22.0 Å². The molecule has 1 N–H and O–H groups in total. The zero-order valence-corrected chi connectivity index (χ0v) is 25.6. The van der Waals surface area contributed by atoms with Crippen LogP contribution in [0.3, 0.4) is 0 Å². The van der Waals surface area contributed by atoms with Gasteiger partial charge < -0.3 is 9.84 Å². The molecular weight excluding hydrogens is 590 g/mol. The zero-order chi connectivity index (χ0) is 31.6. The van der Waals surface area contributed by atoms with Crippen molar-refractivity contribution in [1.82, 2.24) is 34.7 Å². The number of thioether (sulfide) groups is 1. The van der Waals surface area contributed by atoms with Crippen molar-refractivity contribution in [3.05, 3.63) is 102 Å². The van der Waals surface area contributed by atoms with E-state index in [-0.39, 0.29) is 18.1 Å². The Morgan fingerprint density at radius 3 is 2.43 bits per heavy atom. The van der Waals surface area contributed by atoms with E-state index >= 15 is 4.39 Å². The second-order valence-corrected chi connectivity index (χ2v) is 12.6. The van der Waals surface area contributed by atoms with Crippen LogP contribution in [0.25, 0.3) is 5.82 Å². The number of rotatable bonds is 10. The lowest BCUT2D eigenvalue weighted by Gasteiger charge is -2.40. The summed E-state index contributed by atoms with van der Waals surface area (Å²) >= 11 is 1.19. The van der Waals surface area contributed by atoms with Gasteiger partial charge in [0.25, 0.3) is 6.33 Å². The Bertz CT molecular complexity index is 1770. The number of esters is 1. The minimum Gasteiger partial charge on any atom is -0.426 e. The molecule has 228 valence electrons. The van der Waals surface area contributed by atoms with Crippen LogP contribution < -0.4 is 9.30 Å². The third kappa shape index (κ3) is 6.50. The molecule has 0 spiro atoms. The molecule has 11 nitrogen and oxygen atoms in total. The van der Waals surface area contributed by atoms with E-state index in [2.05, 4.69) is 25.4 Å². The smallest absolute Gasteiger partial charge is 0.308 e. The summed E-state index contributed by atoms with van der Waals surface area (Å²) in [5, 5.41) is 29.7. The van der Waals surface area contributed by atoms with Crippen LogP contribution in [0.4, 0.5) is 8.78 Å². The summed E-state index contributed by atoms with van der Waals surface area (Å²) in [5.74, 6) is -1.03. The number of carbonyl (C=O) groups excluding carboxylic acids is 1. The molecular formula is C30H31F2N8O3S+. The third-order valence-electron chi connectivity index (χ3n) is 7.16. The van der Waals surface area contributed by atoms with Gasteiger partial charge in [-0.1, -0.05) is 17.8 Å². The molecule has 0 bridgehead atoms. The number of halogens is 2. The topological polar surface area (TPSA) is 125 Å². The first-order chi connectivity index (χ1) is 20.8. The van der Waals surface area contributed by atoms with Crippen LogP contribution in [0.2, 0.25) is 0 Å². The summed E-state index contributed by atoms with van der Waals surface area (Å²) < 4.78 is 38.2. The van der Waals surface area contributed by atoms with Crippen molar-refractivity contribution in [2.24, 2.45) is 0 Å². The largest absolute Gasteiger partial charge is 0.426 e. The minimum absolute atomic E-state index is 0.0852. The van der Waals surface area contributed by atoms with Crippen LogP contribution in [0.1, 0.15) is 43.0 Å². The quantitative estimate of drug-likeness (QED) is 0.107. The number of aryl methyl sites for hydroxylation is 2. The van der Waals surface area contributed by atoms with Gasteiger partial charge in [0, 0.05) is 23.7 Å². The molecule has 3 aromatic heterocycles. The Morgan fingerprint density at radius 1 is 1.07 bits per heavy atom. The molecule has 0 amide bonds. The van der Waals surface area contributed by atoms with Crippen molar-refractivity contribution >= 4 is 17.7 Å². The fourth-order valence-corrected chi connectivity index (χ4v) is 6.08. The number of benzene rings is 2. The van der Waals surface area contributed by atoms with Crippen LogP contribution >= 0.6 is 11.8 Å². The number of nitrogens with zero attached hydrogens (tertiary/aromatic N) is 8. The Hall–Kier alpha value is -4.56. The highest BCUT2D eigenvalue weighted by Gasteiger charge is 2.50. The van der Waals surface area contributed by atoms with Crippen LogP contribution in [-0.2, 0) is 23.5 Å². The summed E-state index contributed by atoms with van der Waals surface area (Å²) in [4.78, 5) is 15.4. The Balaban J connectivity index is 1.43. The molecule has 44 heavy (non-hydrogen) atoms. The van der Waals surface area contributed by atoms with Gasteiger partial charge >= 0.3 is 5.97 Å². The first-order valence-corrected chi connectivity index (χ1v) is 14.4. The molecule has 0 saturated heterocycles. The number of ether oxygens (including phenoxy) is 1. The molecule has 3 heterocycles. The second-order valence-electron chi connectivity index (χ2n) is 10.9. The summed E-state index contributed by atoms with van der Waals surface area (Å²) in [6, 6.07) is 10.4. The maximum Gasteiger partial charge on any atom is 0.308 e. The molecule has 0 aliphatic carbocycles. The van der Waals surface area contributed by atoms with Gasteiger partial charge in [0.1, 0.15) is 47.2 Å². The van der Waals surface area contributed by atoms with Crippen molar-refractivity contribution in [1.29, 1.82) is 0 Å². The summed E-state index contributed by atoms with van der Waals surface area (Å²) in [6.07, 6.45) is 6.17. The van der Waals surface area contributed by atoms with E-state index in [1.165, 1.54) is 46.8 Å². The number of aliphatic hydroxyl groups is 1. The Kier molecular flexibility index (Phi) is 8.57. The summed E-state index contributed by atoms with van der Waals surface area (Å²) in [7, 11) is 0. The van der Waals surface area contributed by atoms with Crippen LogP contribution in [-0.4, -0.2) is 50.6 Å². The number of aromatic nitrogens is 8. The first-order valence-electron chi connectivity index (χ1n) is 13.6. The van der Waals surface area contributed by atoms with Gasteiger partial charge in [-0.2, -0.15) is 5.10 Å². The lowest BCUT2D eigenvalue weighted by molar-refractivity contribution is -0.689. The van der Waals surface area contributed by atoms with Crippen molar-refractivity contribution < 1.29 is 28.0 Å². The van der Waals surface area contributed by atoms with E-state index in [1.54, 1.807) is 38.6 Å². The highest BCUT2D eigenvalue weighted by atomic mass is 32.2. The van der Waals surface area contributed by atoms with E-state index in [9.17, 15) is 14.3 Å². The van der Waals surface area contributed by atoms with E-state index in [0.717, 1.165) is 28.8 Å². The predicted octanol–water partition coefficient (Wildman–Crippen LogP) is 3.87. The molecule has 0 unspecified atom stereocenters. The van der Waals surface area contributed by atoms with Gasteiger partial charge in [0.05, 0.1) is 11.3 Å². The van der Waals surface area contributed by atoms with Crippen molar-refractivity contribution in [2.45, 2.75) is 63.1 Å². The fraction of sp³-hybridized carbons (Fsp3) is 0.300. The minimum atomic E-state index is -1.88. The van der Waals surface area contributed by atoms with Crippen LogP contribution in [0, 0.1) is 25.5 Å². The summed E-state index contributed by atoms with van der Waals surface area (Å²) in [5.41, 5.74) is 0.618. The lowest BCUT2D eigenvalue weighted by Crippen LogP contribution is -2.49. The standard InChI is InChI=1S/C30H31F2N8O3S/c1-19-10-22(11-20(2)28(19)43-21(3)41)13-38-17-35-39(18-38)14-30(42,24-7-6-23(31)12-25(24)32)29(4,5)44-27-9-8-26(36-37-27)40-16-33-15-34-40/h6-12,15-18,42H,13-14H2,1-5H3/q+1/t30-/m0/s1. The maximum absolute atomic E-state index is 15.3. The average Bonchev–Trinajstić information content (AvgIpc) is 3.63. The highest BCUT2D eigenvalue weighted by molar-refractivity contribution is 8.00. The fourth-order valence-electron chi connectivity index (χ4n) is 4.99. The monoisotopic (exact) mass is 621 g/mol. The summed E-state index contributed by atoms with van der Waals surface area (Å²) in [6.45, 7) is 8.88. The van der Waals surface area contributed by atoms with Crippen molar-refractivity contribution in [3.8, 4) is 11.6 Å². The third-order valence-corrected chi connectivity index (χ3v) is 8.44. The Labute approximate surface area is 256 Å². The highest BCUT2D eigenvalue weighted by Crippen LogP contribution is 2.47. The molecule has 2 aromatic carbocycles. The predicted molar refractivity (Wildman–Crippen MR) is 156 cm³/mol.